The van der Waals surface area contributed by atoms with Crippen LogP contribution in [0.3, 0.4) is 0 Å². The van der Waals surface area contributed by atoms with E-state index in [-0.39, 0.29) is 6.61 Å². The lowest BCUT2D eigenvalue weighted by atomic mass is 9.79. The molecule has 0 saturated heterocycles. The first-order chi connectivity index (χ1) is 8.19. The van der Waals surface area contributed by atoms with E-state index >= 15 is 0 Å². The van der Waals surface area contributed by atoms with Gasteiger partial charge in [0.05, 0.1) is 0 Å². The van der Waals surface area contributed by atoms with Crippen molar-refractivity contribution in [2.75, 3.05) is 13.2 Å². The van der Waals surface area contributed by atoms with E-state index in [1.807, 2.05) is 6.92 Å². The fraction of sp³-hybridized carbons (Fsp3) is 0.923. The first kappa shape index (κ1) is 14.5. The highest BCUT2D eigenvalue weighted by atomic mass is 16.4. The molecule has 1 saturated carbocycles. The van der Waals surface area contributed by atoms with E-state index in [4.69, 9.17) is 5.11 Å². The Labute approximate surface area is 103 Å². The number of aliphatic carboxylic acids is 1. The van der Waals surface area contributed by atoms with Crippen LogP contribution in [0, 0.1) is 11.8 Å². The van der Waals surface area contributed by atoms with E-state index in [1.165, 1.54) is 12.8 Å². The molecule has 3 atom stereocenters. The molecule has 0 bridgehead atoms. The van der Waals surface area contributed by atoms with Crippen molar-refractivity contribution in [1.29, 1.82) is 0 Å². The maximum Gasteiger partial charge on any atom is 0.320 e. The molecule has 0 aliphatic heterocycles. The minimum atomic E-state index is -0.761. The van der Waals surface area contributed by atoms with E-state index in [1.54, 1.807) is 0 Å². The number of carboxylic acids is 1. The van der Waals surface area contributed by atoms with Crippen molar-refractivity contribution >= 4 is 5.97 Å². The molecule has 0 aromatic rings. The number of aliphatic hydroxyl groups is 1. The summed E-state index contributed by atoms with van der Waals surface area (Å²) in [4.78, 5) is 11.0. The second-order valence-corrected chi connectivity index (χ2v) is 5.07. The summed E-state index contributed by atoms with van der Waals surface area (Å²) in [6.07, 6.45) is 6.13. The lowest BCUT2D eigenvalue weighted by molar-refractivity contribution is -0.139. The van der Waals surface area contributed by atoms with Crippen LogP contribution in [0.2, 0.25) is 0 Å². The molecule has 0 amide bonds. The SMILES string of the molecule is CCCC(NCC1CCCCC1CO)C(=O)O. The Balaban J connectivity index is 2.38. The maximum absolute atomic E-state index is 11.0. The zero-order valence-corrected chi connectivity index (χ0v) is 10.7. The largest absolute Gasteiger partial charge is 0.480 e. The van der Waals surface area contributed by atoms with Gasteiger partial charge in [-0.05, 0) is 37.6 Å². The molecule has 0 aromatic heterocycles. The van der Waals surface area contributed by atoms with Crippen molar-refractivity contribution in [3.63, 3.8) is 0 Å². The third-order valence-corrected chi connectivity index (χ3v) is 3.80. The molecule has 0 aromatic carbocycles. The third-order valence-electron chi connectivity index (χ3n) is 3.80. The molecule has 100 valence electrons. The second kappa shape index (κ2) is 7.67. The summed E-state index contributed by atoms with van der Waals surface area (Å²) < 4.78 is 0. The quantitative estimate of drug-likeness (QED) is 0.635. The van der Waals surface area contributed by atoms with Gasteiger partial charge in [-0.15, -0.1) is 0 Å². The van der Waals surface area contributed by atoms with Gasteiger partial charge in [0.25, 0.3) is 0 Å². The van der Waals surface area contributed by atoms with Crippen molar-refractivity contribution in [2.24, 2.45) is 11.8 Å². The Kier molecular flexibility index (Phi) is 6.52. The number of rotatable bonds is 7. The van der Waals surface area contributed by atoms with Crippen molar-refractivity contribution in [1.82, 2.24) is 5.32 Å². The molecule has 0 radical (unpaired) electrons. The molecular formula is C13H25NO3. The molecule has 3 N–H and O–H groups in total. The number of aliphatic hydroxyl groups excluding tert-OH is 1. The predicted molar refractivity (Wildman–Crippen MR) is 66.9 cm³/mol. The summed E-state index contributed by atoms with van der Waals surface area (Å²) in [6.45, 7) is 2.95. The van der Waals surface area contributed by atoms with Gasteiger partial charge in [0.1, 0.15) is 6.04 Å². The highest BCUT2D eigenvalue weighted by Gasteiger charge is 2.26. The highest BCUT2D eigenvalue weighted by molar-refractivity contribution is 5.73. The lowest BCUT2D eigenvalue weighted by Crippen LogP contribution is -2.42. The minimum Gasteiger partial charge on any atom is -0.480 e. The fourth-order valence-electron chi connectivity index (χ4n) is 2.69. The van der Waals surface area contributed by atoms with Crippen molar-refractivity contribution in [3.05, 3.63) is 0 Å². The predicted octanol–water partition coefficient (Wildman–Crippen LogP) is 1.63. The lowest BCUT2D eigenvalue weighted by Gasteiger charge is -2.31. The molecule has 4 nitrogen and oxygen atoms in total. The first-order valence-corrected chi connectivity index (χ1v) is 6.76. The fourth-order valence-corrected chi connectivity index (χ4v) is 2.69. The van der Waals surface area contributed by atoms with Crippen molar-refractivity contribution < 1.29 is 15.0 Å². The van der Waals surface area contributed by atoms with Crippen LogP contribution in [0.1, 0.15) is 45.4 Å². The molecule has 0 heterocycles. The van der Waals surface area contributed by atoms with Crippen LogP contribution >= 0.6 is 0 Å². The number of hydrogen-bond donors (Lipinski definition) is 3. The van der Waals surface area contributed by atoms with Gasteiger partial charge in [0.15, 0.2) is 0 Å². The molecule has 4 heteroatoms. The molecule has 1 aliphatic rings. The van der Waals surface area contributed by atoms with E-state index in [0.29, 0.717) is 18.3 Å². The number of carboxylic acid groups (broad SMARTS) is 1. The molecule has 1 rings (SSSR count). The van der Waals surface area contributed by atoms with Gasteiger partial charge in [0, 0.05) is 6.61 Å². The Morgan fingerprint density at radius 3 is 2.53 bits per heavy atom. The van der Waals surface area contributed by atoms with Gasteiger partial charge in [-0.2, -0.15) is 0 Å². The standard InChI is InChI=1S/C13H25NO3/c1-2-5-12(13(16)17)14-8-10-6-3-4-7-11(10)9-15/h10-12,14-15H,2-9H2,1H3,(H,16,17). The molecule has 17 heavy (non-hydrogen) atoms. The van der Waals surface area contributed by atoms with Crippen LogP contribution in [0.4, 0.5) is 0 Å². The van der Waals surface area contributed by atoms with Gasteiger partial charge in [-0.3, -0.25) is 4.79 Å². The summed E-state index contributed by atoms with van der Waals surface area (Å²) in [5.41, 5.74) is 0. The summed E-state index contributed by atoms with van der Waals surface area (Å²) in [5, 5.41) is 21.5. The number of nitrogens with one attached hydrogen (secondary N) is 1. The Bertz CT molecular complexity index is 233. The van der Waals surface area contributed by atoms with Crippen LogP contribution in [0.25, 0.3) is 0 Å². The molecule has 0 spiro atoms. The summed E-state index contributed by atoms with van der Waals surface area (Å²) in [5.74, 6) is 0.0305. The summed E-state index contributed by atoms with van der Waals surface area (Å²) >= 11 is 0. The highest BCUT2D eigenvalue weighted by Crippen LogP contribution is 2.29. The Hall–Kier alpha value is -0.610. The smallest absolute Gasteiger partial charge is 0.320 e. The summed E-state index contributed by atoms with van der Waals surface area (Å²) in [6, 6.07) is -0.429. The van der Waals surface area contributed by atoms with E-state index in [2.05, 4.69) is 5.32 Å². The maximum atomic E-state index is 11.0. The Morgan fingerprint density at radius 2 is 2.00 bits per heavy atom. The number of hydrogen-bond acceptors (Lipinski definition) is 3. The van der Waals surface area contributed by atoms with Gasteiger partial charge in [-0.1, -0.05) is 26.2 Å². The molecular weight excluding hydrogens is 218 g/mol. The van der Waals surface area contributed by atoms with E-state index in [9.17, 15) is 9.90 Å². The van der Waals surface area contributed by atoms with Crippen molar-refractivity contribution in [2.45, 2.75) is 51.5 Å². The molecule has 1 fully saturated rings. The van der Waals surface area contributed by atoms with Gasteiger partial charge in [-0.25, -0.2) is 0 Å². The van der Waals surface area contributed by atoms with Gasteiger partial charge in [0.2, 0.25) is 0 Å². The van der Waals surface area contributed by atoms with Crippen LogP contribution in [0.5, 0.6) is 0 Å². The Morgan fingerprint density at radius 1 is 1.35 bits per heavy atom. The van der Waals surface area contributed by atoms with E-state index < -0.39 is 12.0 Å². The van der Waals surface area contributed by atoms with Crippen LogP contribution < -0.4 is 5.32 Å². The van der Waals surface area contributed by atoms with E-state index in [0.717, 1.165) is 25.8 Å². The van der Waals surface area contributed by atoms with Gasteiger partial charge < -0.3 is 15.5 Å². The van der Waals surface area contributed by atoms with Crippen LogP contribution in [0.15, 0.2) is 0 Å². The van der Waals surface area contributed by atoms with Crippen molar-refractivity contribution in [3.8, 4) is 0 Å². The van der Waals surface area contributed by atoms with Crippen LogP contribution in [-0.2, 0) is 4.79 Å². The first-order valence-electron chi connectivity index (χ1n) is 6.76. The second-order valence-electron chi connectivity index (χ2n) is 5.07. The minimum absolute atomic E-state index is 0.234. The normalized spacial score (nSPS) is 26.7. The molecule has 3 unspecified atom stereocenters. The third kappa shape index (κ3) is 4.64. The summed E-state index contributed by atoms with van der Waals surface area (Å²) in [7, 11) is 0. The average molecular weight is 243 g/mol. The topological polar surface area (TPSA) is 69.6 Å². The molecule has 1 aliphatic carbocycles. The average Bonchev–Trinajstić information content (AvgIpc) is 2.34. The number of carbonyl (C=O) groups is 1. The van der Waals surface area contributed by atoms with Crippen LogP contribution in [-0.4, -0.2) is 35.4 Å². The zero-order valence-electron chi connectivity index (χ0n) is 10.7. The zero-order chi connectivity index (χ0) is 12.7. The monoisotopic (exact) mass is 243 g/mol. The van der Waals surface area contributed by atoms with Gasteiger partial charge >= 0.3 is 5.97 Å².